The van der Waals surface area contributed by atoms with Crippen molar-refractivity contribution in [3.8, 4) is 0 Å². The van der Waals surface area contributed by atoms with Gasteiger partial charge < -0.3 is 4.74 Å². The summed E-state index contributed by atoms with van der Waals surface area (Å²) < 4.78 is 4.56. The zero-order chi connectivity index (χ0) is 13.9. The maximum atomic E-state index is 11.1. The number of aromatic nitrogens is 2. The van der Waals surface area contributed by atoms with Crippen LogP contribution in [0.25, 0.3) is 28.1 Å². The fraction of sp³-hybridized carbons (Fsp3) is 0.0625. The first-order valence-corrected chi connectivity index (χ1v) is 6.19. The summed E-state index contributed by atoms with van der Waals surface area (Å²) in [5.74, 6) is -0.380. The first kappa shape index (κ1) is 12.3. The SMILES string of the molecule is COC(=O)/C=C/c1ccc2nc3ccccc3nc2c1. The number of rotatable bonds is 2. The topological polar surface area (TPSA) is 52.1 Å². The van der Waals surface area contributed by atoms with Crippen LogP contribution in [-0.2, 0) is 9.53 Å². The van der Waals surface area contributed by atoms with Gasteiger partial charge in [-0.2, -0.15) is 0 Å². The minimum Gasteiger partial charge on any atom is -0.466 e. The van der Waals surface area contributed by atoms with Crippen LogP contribution in [0.15, 0.2) is 48.5 Å². The van der Waals surface area contributed by atoms with Crippen LogP contribution in [0.3, 0.4) is 0 Å². The number of benzene rings is 2. The summed E-state index contributed by atoms with van der Waals surface area (Å²) >= 11 is 0. The van der Waals surface area contributed by atoms with Crippen LogP contribution < -0.4 is 0 Å². The predicted molar refractivity (Wildman–Crippen MR) is 78.1 cm³/mol. The third-order valence-electron chi connectivity index (χ3n) is 2.98. The molecule has 0 aliphatic carbocycles. The van der Waals surface area contributed by atoms with Gasteiger partial charge in [-0.25, -0.2) is 14.8 Å². The van der Waals surface area contributed by atoms with Gasteiger partial charge in [-0.3, -0.25) is 0 Å². The molecule has 3 rings (SSSR count). The molecule has 0 fully saturated rings. The van der Waals surface area contributed by atoms with E-state index in [9.17, 15) is 4.79 Å². The Bertz CT molecular complexity index is 825. The molecule has 1 aromatic heterocycles. The van der Waals surface area contributed by atoms with Crippen LogP contribution in [0.2, 0.25) is 0 Å². The van der Waals surface area contributed by atoms with Crippen molar-refractivity contribution in [1.29, 1.82) is 0 Å². The Morgan fingerprint density at radius 2 is 1.65 bits per heavy atom. The highest BCUT2D eigenvalue weighted by Gasteiger charge is 2.01. The number of para-hydroxylation sites is 2. The van der Waals surface area contributed by atoms with E-state index in [1.165, 1.54) is 13.2 Å². The Kier molecular flexibility index (Phi) is 3.13. The lowest BCUT2D eigenvalue weighted by Crippen LogP contribution is -1.93. The van der Waals surface area contributed by atoms with Crippen molar-refractivity contribution in [2.45, 2.75) is 0 Å². The van der Waals surface area contributed by atoms with E-state index in [0.29, 0.717) is 0 Å². The molecule has 0 amide bonds. The molecule has 1 heterocycles. The quantitative estimate of drug-likeness (QED) is 0.405. The predicted octanol–water partition coefficient (Wildman–Crippen LogP) is 2.97. The lowest BCUT2D eigenvalue weighted by molar-refractivity contribution is -0.134. The molecule has 0 atom stereocenters. The van der Waals surface area contributed by atoms with E-state index in [-0.39, 0.29) is 5.97 Å². The molecule has 0 saturated carbocycles. The molecule has 0 aliphatic rings. The molecule has 0 N–H and O–H groups in total. The number of hydrogen-bond acceptors (Lipinski definition) is 4. The van der Waals surface area contributed by atoms with Crippen LogP contribution in [0.4, 0.5) is 0 Å². The normalized spacial score (nSPS) is 11.2. The van der Waals surface area contributed by atoms with Gasteiger partial charge in [0.1, 0.15) is 0 Å². The summed E-state index contributed by atoms with van der Waals surface area (Å²) in [6, 6.07) is 13.4. The first-order chi connectivity index (χ1) is 9.76. The minimum atomic E-state index is -0.380. The van der Waals surface area contributed by atoms with Crippen molar-refractivity contribution in [3.63, 3.8) is 0 Å². The molecule has 4 heteroatoms. The van der Waals surface area contributed by atoms with E-state index in [1.54, 1.807) is 6.08 Å². The van der Waals surface area contributed by atoms with Gasteiger partial charge in [0.15, 0.2) is 0 Å². The van der Waals surface area contributed by atoms with Gasteiger partial charge >= 0.3 is 5.97 Å². The van der Waals surface area contributed by atoms with Gasteiger partial charge in [0.05, 0.1) is 29.2 Å². The zero-order valence-corrected chi connectivity index (χ0v) is 10.9. The highest BCUT2D eigenvalue weighted by Crippen LogP contribution is 2.17. The Morgan fingerprint density at radius 3 is 2.35 bits per heavy atom. The standard InChI is InChI=1S/C16H12N2O2/c1-20-16(19)9-7-11-6-8-14-15(10-11)18-13-5-3-2-4-12(13)17-14/h2-10H,1H3/b9-7+. The molecule has 4 nitrogen and oxygen atoms in total. The number of esters is 1. The van der Waals surface area contributed by atoms with Crippen LogP contribution >= 0.6 is 0 Å². The van der Waals surface area contributed by atoms with Crippen molar-refractivity contribution >= 4 is 34.1 Å². The van der Waals surface area contributed by atoms with Crippen LogP contribution in [0, 0.1) is 0 Å². The van der Waals surface area contributed by atoms with E-state index in [2.05, 4.69) is 14.7 Å². The van der Waals surface area contributed by atoms with Gasteiger partial charge in [0.2, 0.25) is 0 Å². The second-order valence-corrected chi connectivity index (χ2v) is 4.32. The molecule has 98 valence electrons. The molecule has 0 saturated heterocycles. The molecule has 2 aromatic carbocycles. The average molecular weight is 264 g/mol. The Morgan fingerprint density at radius 1 is 1.00 bits per heavy atom. The van der Waals surface area contributed by atoms with E-state index in [4.69, 9.17) is 0 Å². The molecule has 0 unspecified atom stereocenters. The van der Waals surface area contributed by atoms with Gasteiger partial charge in [-0.05, 0) is 35.9 Å². The van der Waals surface area contributed by atoms with Crippen molar-refractivity contribution in [1.82, 2.24) is 9.97 Å². The number of carbonyl (C=O) groups excluding carboxylic acids is 1. The van der Waals surface area contributed by atoms with Gasteiger partial charge in [-0.15, -0.1) is 0 Å². The molecule has 0 bridgehead atoms. The summed E-state index contributed by atoms with van der Waals surface area (Å²) in [5.41, 5.74) is 4.24. The van der Waals surface area contributed by atoms with Crippen LogP contribution in [-0.4, -0.2) is 23.0 Å². The third-order valence-corrected chi connectivity index (χ3v) is 2.98. The smallest absolute Gasteiger partial charge is 0.330 e. The van der Waals surface area contributed by atoms with E-state index in [0.717, 1.165) is 27.6 Å². The lowest BCUT2D eigenvalue weighted by atomic mass is 10.1. The molecule has 0 spiro atoms. The van der Waals surface area contributed by atoms with Crippen molar-refractivity contribution in [2.24, 2.45) is 0 Å². The number of nitrogens with zero attached hydrogens (tertiary/aromatic N) is 2. The van der Waals surface area contributed by atoms with Crippen molar-refractivity contribution in [2.75, 3.05) is 7.11 Å². The minimum absolute atomic E-state index is 0.380. The number of hydrogen-bond donors (Lipinski definition) is 0. The van der Waals surface area contributed by atoms with Crippen LogP contribution in [0.5, 0.6) is 0 Å². The maximum absolute atomic E-state index is 11.1. The summed E-state index contributed by atoms with van der Waals surface area (Å²) in [4.78, 5) is 20.2. The van der Waals surface area contributed by atoms with Gasteiger partial charge in [0.25, 0.3) is 0 Å². The largest absolute Gasteiger partial charge is 0.466 e. The van der Waals surface area contributed by atoms with E-state index in [1.807, 2.05) is 42.5 Å². The third kappa shape index (κ3) is 2.36. The monoisotopic (exact) mass is 264 g/mol. The summed E-state index contributed by atoms with van der Waals surface area (Å²) in [5, 5.41) is 0. The van der Waals surface area contributed by atoms with Crippen LogP contribution in [0.1, 0.15) is 5.56 Å². The molecule has 20 heavy (non-hydrogen) atoms. The molecular weight excluding hydrogens is 252 g/mol. The number of carbonyl (C=O) groups is 1. The summed E-state index contributed by atoms with van der Waals surface area (Å²) in [6.45, 7) is 0. The fourth-order valence-electron chi connectivity index (χ4n) is 1.97. The second kappa shape index (κ2) is 5.09. The lowest BCUT2D eigenvalue weighted by Gasteiger charge is -2.01. The molecule has 0 radical (unpaired) electrons. The first-order valence-electron chi connectivity index (χ1n) is 6.19. The van der Waals surface area contributed by atoms with Gasteiger partial charge in [-0.1, -0.05) is 18.2 Å². The summed E-state index contributed by atoms with van der Waals surface area (Å²) in [6.07, 6.45) is 3.08. The molecule has 0 aliphatic heterocycles. The average Bonchev–Trinajstić information content (AvgIpc) is 2.50. The fourth-order valence-corrected chi connectivity index (χ4v) is 1.97. The zero-order valence-electron chi connectivity index (χ0n) is 10.9. The Labute approximate surface area is 115 Å². The van der Waals surface area contributed by atoms with E-state index < -0.39 is 0 Å². The summed E-state index contributed by atoms with van der Waals surface area (Å²) in [7, 11) is 1.35. The Hall–Kier alpha value is -2.75. The second-order valence-electron chi connectivity index (χ2n) is 4.32. The van der Waals surface area contributed by atoms with Crippen molar-refractivity contribution < 1.29 is 9.53 Å². The number of fused-ring (bicyclic) bond motifs is 2. The van der Waals surface area contributed by atoms with E-state index >= 15 is 0 Å². The Balaban J connectivity index is 2.08. The van der Waals surface area contributed by atoms with Crippen molar-refractivity contribution in [3.05, 3.63) is 54.1 Å². The number of ether oxygens (including phenoxy) is 1. The molecule has 3 aromatic rings. The highest BCUT2D eigenvalue weighted by molar-refractivity contribution is 5.90. The number of methoxy groups -OCH3 is 1. The maximum Gasteiger partial charge on any atom is 0.330 e. The van der Waals surface area contributed by atoms with Gasteiger partial charge in [0, 0.05) is 6.08 Å². The molecular formula is C16H12N2O2. The highest BCUT2D eigenvalue weighted by atomic mass is 16.5.